The van der Waals surface area contributed by atoms with Gasteiger partial charge in [0.25, 0.3) is 0 Å². The van der Waals surface area contributed by atoms with E-state index in [0.29, 0.717) is 119 Å². The van der Waals surface area contributed by atoms with Gasteiger partial charge in [-0.3, -0.25) is 4.79 Å². The van der Waals surface area contributed by atoms with E-state index in [0.717, 1.165) is 72.7 Å². The van der Waals surface area contributed by atoms with Crippen LogP contribution in [0.15, 0.2) is 123 Å². The zero-order valence-electron chi connectivity index (χ0n) is 64.9. The normalized spacial score (nSPS) is 17.0. The number of H-pyrrole nitrogens is 4. The lowest BCUT2D eigenvalue weighted by Gasteiger charge is -2.40. The van der Waals surface area contributed by atoms with Crippen molar-refractivity contribution in [2.45, 2.75) is 159 Å². The topological polar surface area (TPSA) is 516 Å². The minimum Gasteiger partial charge on any atom is -0.480 e. The predicted octanol–water partition coefficient (Wildman–Crippen LogP) is 9.31. The monoisotopic (exact) mass is 1670 g/mol. The molecule has 0 aliphatic carbocycles. The number of hydrogen-bond acceptors (Lipinski definition) is 26. The van der Waals surface area contributed by atoms with Gasteiger partial charge in [-0.05, 0) is 178 Å². The van der Waals surface area contributed by atoms with Crippen LogP contribution in [0.5, 0.6) is 0 Å². The van der Waals surface area contributed by atoms with E-state index >= 15 is 0 Å². The van der Waals surface area contributed by atoms with Crippen molar-refractivity contribution in [2.75, 3.05) is 80.3 Å². The molecule has 0 radical (unpaired) electrons. The molecule has 5 fully saturated rings. The fourth-order valence-corrected chi connectivity index (χ4v) is 14.0. The Hall–Kier alpha value is -11.1. The number of piperidine rings is 4. The lowest BCUT2D eigenvalue weighted by Crippen LogP contribution is -2.60. The lowest BCUT2D eigenvalue weighted by molar-refractivity contribution is -0.146. The zero-order valence-corrected chi connectivity index (χ0v) is 67.2. The summed E-state index contributed by atoms with van der Waals surface area (Å²) in [6.07, 6.45) is 15.4. The number of esters is 1. The number of aliphatic carboxylic acids is 2. The average Bonchev–Trinajstić information content (AvgIpc) is 1.48. The van der Waals surface area contributed by atoms with Gasteiger partial charge in [-0.15, -0.1) is 0 Å². The predicted molar refractivity (Wildman–Crippen MR) is 442 cm³/mol. The molecule has 5 aliphatic heterocycles. The summed E-state index contributed by atoms with van der Waals surface area (Å²) < 4.78 is 14.9. The molecule has 10 aromatic rings. The fourth-order valence-electron chi connectivity index (χ4n) is 13.6. The highest BCUT2D eigenvalue weighted by Crippen LogP contribution is 2.35. The van der Waals surface area contributed by atoms with Crippen molar-refractivity contribution in [2.24, 2.45) is 11.5 Å². The van der Waals surface area contributed by atoms with Gasteiger partial charge in [0.2, 0.25) is 5.91 Å². The molecule has 628 valence electrons. The molecule has 36 nitrogen and oxygen atoms in total. The number of benzene rings is 2. The maximum absolute atomic E-state index is 13.1. The summed E-state index contributed by atoms with van der Waals surface area (Å²) in [5.41, 5.74) is 11.6. The molecular weight excluding hydrogens is 1580 g/mol. The number of nitrogens with zero attached hydrogens (tertiary/aromatic N) is 11. The number of nitrogens with two attached hydrogens (primary N) is 2. The SMILES string of the molecule is C.CC(C)(C)OC(=O)NC1(C(=O)O)CCN(c2ncnc3[nH]ccc23)CC1.CC(C)(C)OC(=O)NC1(C(=O)O)CCNCC1.Clc1ncnc2[nH]ccc12.NC1(C(=O)N[C@@H](CCO)c2ccc(Cl)cc2)CCN(c2ncnc3[nH]ccc23)CC1.N[C@@H](CCO)c1ccc(Cl)cc1.O=C1NC2(CCN(c3ncnc4[nH]ccc34)CC2)C(=O)O1. The van der Waals surface area contributed by atoms with Crippen LogP contribution in [0.25, 0.3) is 44.1 Å². The molecule has 2 aromatic carbocycles. The smallest absolute Gasteiger partial charge is 0.415 e. The number of carbonyl (C=O) groups excluding carboxylic acids is 5. The van der Waals surface area contributed by atoms with Crippen LogP contribution < -0.4 is 52.8 Å². The summed E-state index contributed by atoms with van der Waals surface area (Å²) in [6, 6.07) is 21.8. The molecule has 15 rings (SSSR count). The first kappa shape index (κ1) is 89.8. The van der Waals surface area contributed by atoms with Crippen LogP contribution in [0.2, 0.25) is 15.2 Å². The van der Waals surface area contributed by atoms with Crippen molar-refractivity contribution in [3.05, 3.63) is 149 Å². The summed E-state index contributed by atoms with van der Waals surface area (Å²) in [5.74, 6) is -0.293. The molecule has 2 atom stereocenters. The Morgan fingerprint density at radius 3 is 1.29 bits per heavy atom. The first-order chi connectivity index (χ1) is 55.2. The Labute approximate surface area is 689 Å². The number of fused-ring (bicyclic) bond motifs is 4. The maximum atomic E-state index is 13.1. The molecule has 5 saturated heterocycles. The van der Waals surface area contributed by atoms with Crippen molar-refractivity contribution in [3.8, 4) is 0 Å². The molecule has 17 N–H and O–H groups in total. The van der Waals surface area contributed by atoms with E-state index in [4.69, 9.17) is 60.9 Å². The van der Waals surface area contributed by atoms with Crippen molar-refractivity contribution in [1.82, 2.24) is 86.4 Å². The first-order valence-corrected chi connectivity index (χ1v) is 38.7. The molecule has 1 spiro atoms. The Balaban J connectivity index is 0.000000166. The summed E-state index contributed by atoms with van der Waals surface area (Å²) in [4.78, 5) is 135. The van der Waals surface area contributed by atoms with Gasteiger partial charge in [0, 0.05) is 93.4 Å². The van der Waals surface area contributed by atoms with Gasteiger partial charge in [0.05, 0.1) is 33.1 Å². The third-order valence-corrected chi connectivity index (χ3v) is 20.8. The van der Waals surface area contributed by atoms with Crippen molar-refractivity contribution in [1.29, 1.82) is 0 Å². The van der Waals surface area contributed by atoms with E-state index < -0.39 is 69.5 Å². The van der Waals surface area contributed by atoms with Crippen LogP contribution in [0.1, 0.15) is 136 Å². The second kappa shape index (κ2) is 39.7. The molecule has 5 aliphatic rings. The van der Waals surface area contributed by atoms with Gasteiger partial charge in [-0.2, -0.15) is 0 Å². The first-order valence-electron chi connectivity index (χ1n) is 37.6. The van der Waals surface area contributed by atoms with E-state index in [1.54, 1.807) is 78.2 Å². The molecule has 0 unspecified atom stereocenters. The number of nitrogens with one attached hydrogen (secondary N) is 9. The third kappa shape index (κ3) is 23.4. The molecule has 4 amide bonds. The standard InChI is InChI=1S/C21H25ClN6O2.C17H23N5O4.C13H13N5O3.C11H20N2O4.C9H12ClNO.C6H4ClN3.CH4/c22-15-3-1-14(2-4-15)17(6-12-29)27-20(30)21(23)7-10-28(11-8-21)19-16-5-9-24-18(16)25-13-26-19;1-16(2,3)26-15(25)21-17(14(23)24)5-8-22(9-6-17)13-11-4-7-18-12(11)19-10-20-13;19-11-13(17-12(20)21-11)2-5-18(6-3-13)10-8-1-4-14-9(8)15-7-16-10;1-10(2,3)17-9(16)13-11(8(14)15)4-6-12-7-5-11;10-8-3-1-7(2-4-8)9(11)5-6-12;7-5-4-1-2-8-6(4)10-3-9-5;/h1-5,9,13,17,29H,6-8,10-12,23H2,(H,27,30)(H,24,25,26);4,7,10H,5-6,8-9H2,1-3H3,(H,21,25)(H,23,24)(H,18,19,20);1,4,7H,2-3,5-6H2,(H,17,20)(H,14,15,16);12H,4-7H2,1-3H3,(H,13,16)(H,14,15);1-4,9,12H,5-6,11H2;1-3H,(H,8,9,10);1H4/t17-;;;;9-;;/m0...0../s1. The number of carboxylic acid groups (broad SMARTS) is 2. The van der Waals surface area contributed by atoms with E-state index in [1.165, 1.54) is 25.3 Å². The minimum absolute atomic E-state index is 0. The Kier molecular flexibility index (Phi) is 30.5. The number of anilines is 3. The number of halogens is 3. The van der Waals surface area contributed by atoms with Gasteiger partial charge < -0.3 is 107 Å². The highest BCUT2D eigenvalue weighted by atomic mass is 35.5. The molecule has 0 bridgehead atoms. The fraction of sp³-hybridized carbons (Fsp3) is 0.449. The highest BCUT2D eigenvalue weighted by Gasteiger charge is 2.51. The number of carboxylic acids is 2. The Morgan fingerprint density at radius 2 is 0.906 bits per heavy atom. The van der Waals surface area contributed by atoms with Crippen molar-refractivity contribution in [3.63, 3.8) is 0 Å². The van der Waals surface area contributed by atoms with Gasteiger partial charge >= 0.3 is 36.2 Å². The summed E-state index contributed by atoms with van der Waals surface area (Å²) in [6.45, 7) is 15.0. The second-order valence-electron chi connectivity index (χ2n) is 30.3. The van der Waals surface area contributed by atoms with Crippen LogP contribution in [0.4, 0.5) is 31.8 Å². The van der Waals surface area contributed by atoms with Crippen LogP contribution >= 0.6 is 34.8 Å². The highest BCUT2D eigenvalue weighted by molar-refractivity contribution is 6.34. The maximum Gasteiger partial charge on any atom is 0.415 e. The molecular formula is C78H101Cl3N22O14. The number of hydrogen-bond donors (Lipinski definition) is 15. The molecule has 39 heteroatoms. The lowest BCUT2D eigenvalue weighted by atomic mass is 9.87. The quantitative estimate of drug-likeness (QED) is 0.0197. The summed E-state index contributed by atoms with van der Waals surface area (Å²) in [7, 11) is 0. The number of aromatic nitrogens is 12. The minimum atomic E-state index is -1.34. The number of cyclic esters (lactones) is 2. The number of aliphatic hydroxyl groups is 2. The van der Waals surface area contributed by atoms with Crippen LogP contribution in [0, 0.1) is 0 Å². The Morgan fingerprint density at radius 1 is 0.530 bits per heavy atom. The van der Waals surface area contributed by atoms with Crippen molar-refractivity contribution >= 4 is 138 Å². The number of aliphatic hydroxyl groups excluding tert-OH is 2. The number of rotatable bonds is 15. The Bertz CT molecular complexity index is 4990. The summed E-state index contributed by atoms with van der Waals surface area (Å²) >= 11 is 17.4. The van der Waals surface area contributed by atoms with Crippen LogP contribution in [-0.4, -0.2) is 221 Å². The number of alkyl carbamates (subject to hydrolysis) is 3. The largest absolute Gasteiger partial charge is 0.480 e. The number of carbonyl (C=O) groups is 7. The van der Waals surface area contributed by atoms with Gasteiger partial charge in [-0.1, -0.05) is 66.5 Å². The van der Waals surface area contributed by atoms with Crippen LogP contribution in [-0.2, 0) is 33.4 Å². The van der Waals surface area contributed by atoms with E-state index in [2.05, 4.69) is 101 Å². The molecule has 8 aromatic heterocycles. The van der Waals surface area contributed by atoms with Gasteiger partial charge in [0.15, 0.2) is 0 Å². The third-order valence-electron chi connectivity index (χ3n) is 20.0. The van der Waals surface area contributed by atoms with Gasteiger partial charge in [-0.25, -0.2) is 68.6 Å². The van der Waals surface area contributed by atoms with E-state index in [-0.39, 0.29) is 51.5 Å². The molecule has 13 heterocycles. The molecule has 117 heavy (non-hydrogen) atoms. The van der Waals surface area contributed by atoms with E-state index in [1.807, 2.05) is 65.8 Å². The average molecular weight is 1680 g/mol. The number of amides is 4. The van der Waals surface area contributed by atoms with Crippen LogP contribution in [0.3, 0.4) is 0 Å². The molecule has 0 saturated carbocycles. The van der Waals surface area contributed by atoms with Crippen molar-refractivity contribution < 1.29 is 68.2 Å². The van der Waals surface area contributed by atoms with E-state index in [9.17, 15) is 48.9 Å². The zero-order chi connectivity index (χ0) is 83.6. The second-order valence-corrected chi connectivity index (χ2v) is 31.5. The number of ether oxygens (including phenoxy) is 3. The number of aromatic amines is 4. The summed E-state index contributed by atoms with van der Waals surface area (Å²) in [5, 5.41) is 56.3. The van der Waals surface area contributed by atoms with Gasteiger partial charge in [0.1, 0.15) is 98.3 Å².